The quantitative estimate of drug-likeness (QED) is 0.281. The van der Waals surface area contributed by atoms with Gasteiger partial charge in [0.2, 0.25) is 5.91 Å². The lowest BCUT2D eigenvalue weighted by Crippen LogP contribution is -2.54. The number of anilines is 2. The molecule has 1 amide bonds. The fourth-order valence-electron chi connectivity index (χ4n) is 7.49. The molecule has 4 atom stereocenters. The van der Waals surface area contributed by atoms with Crippen molar-refractivity contribution in [2.24, 2.45) is 0 Å². The van der Waals surface area contributed by atoms with Gasteiger partial charge in [-0.2, -0.15) is 23.1 Å². The van der Waals surface area contributed by atoms with Crippen molar-refractivity contribution >= 4 is 17.4 Å². The Balaban J connectivity index is 1.37. The van der Waals surface area contributed by atoms with E-state index in [1.807, 2.05) is 11.8 Å². The number of amides is 1. The van der Waals surface area contributed by atoms with Gasteiger partial charge < -0.3 is 25.0 Å². The molecule has 2 N–H and O–H groups in total. The van der Waals surface area contributed by atoms with Gasteiger partial charge in [0.25, 0.3) is 0 Å². The Bertz CT molecular complexity index is 1510. The number of carbonyl (C=O) groups excluding carboxylic acids is 1. The van der Waals surface area contributed by atoms with Crippen molar-refractivity contribution in [3.63, 3.8) is 0 Å². The number of benzene rings is 1. The summed E-state index contributed by atoms with van der Waals surface area (Å²) in [6, 6.07) is 0.786. The van der Waals surface area contributed by atoms with Gasteiger partial charge in [-0.25, -0.2) is 8.78 Å². The van der Waals surface area contributed by atoms with Gasteiger partial charge in [0, 0.05) is 56.2 Å². The molecule has 4 aliphatic rings. The molecule has 14 heteroatoms. The zero-order valence-corrected chi connectivity index (χ0v) is 25.3. The highest BCUT2D eigenvalue weighted by atomic mass is 19.4. The number of carbonyl (C=O) groups is 1. The van der Waals surface area contributed by atoms with Crippen molar-refractivity contribution in [1.82, 2.24) is 19.8 Å². The molecule has 0 spiro atoms. The molecular formula is C31H37F5N6O3. The van der Waals surface area contributed by atoms with Crippen molar-refractivity contribution in [1.29, 1.82) is 0 Å². The summed E-state index contributed by atoms with van der Waals surface area (Å²) in [4.78, 5) is 27.4. The van der Waals surface area contributed by atoms with Gasteiger partial charge in [0.15, 0.2) is 5.82 Å². The number of piperazine rings is 1. The summed E-state index contributed by atoms with van der Waals surface area (Å²) in [7, 11) is 0. The molecule has 4 unspecified atom stereocenters. The molecule has 1 aromatic carbocycles. The zero-order valence-electron chi connectivity index (χ0n) is 25.3. The molecule has 3 saturated heterocycles. The standard InChI is InChI=1S/C31H37F5N6O3/c1-4-24(43)40-8-9-42(18(3)13-40)28-20-15-44-23(25-26(31(34,35)36)17(2)10-21(37)27(25)33)11-22(20)38-29(39-28)45-16-30-6-5-7-41(30)14-19(32)12-30/h4,10,18-19,23H,1,5-9,11-16,37H2,2-3H3. The highest BCUT2D eigenvalue weighted by molar-refractivity contribution is 5.87. The largest absolute Gasteiger partial charge is 0.461 e. The number of halogens is 5. The number of hydrogen-bond acceptors (Lipinski definition) is 8. The second-order valence-corrected chi connectivity index (χ2v) is 12.5. The Morgan fingerprint density at radius 2 is 2.04 bits per heavy atom. The second kappa shape index (κ2) is 11.7. The van der Waals surface area contributed by atoms with Gasteiger partial charge >= 0.3 is 12.2 Å². The number of hydrogen-bond donors (Lipinski definition) is 1. The Kier molecular flexibility index (Phi) is 8.17. The molecule has 6 rings (SSSR count). The first-order valence-corrected chi connectivity index (χ1v) is 15.2. The Morgan fingerprint density at radius 3 is 2.76 bits per heavy atom. The first kappa shape index (κ1) is 31.5. The number of aryl methyl sites for hydroxylation is 1. The van der Waals surface area contributed by atoms with Crippen LogP contribution in [0.2, 0.25) is 0 Å². The van der Waals surface area contributed by atoms with E-state index in [-0.39, 0.29) is 43.2 Å². The normalized spacial score (nSPS) is 27.0. The maximum absolute atomic E-state index is 15.4. The number of ether oxygens (including phenoxy) is 2. The number of nitrogens with zero attached hydrogens (tertiary/aromatic N) is 5. The van der Waals surface area contributed by atoms with E-state index in [9.17, 15) is 22.4 Å². The fraction of sp³-hybridized carbons (Fsp3) is 0.581. The van der Waals surface area contributed by atoms with E-state index >= 15 is 4.39 Å². The van der Waals surface area contributed by atoms with Crippen molar-refractivity contribution in [3.05, 3.63) is 52.5 Å². The number of aromatic nitrogens is 2. The summed E-state index contributed by atoms with van der Waals surface area (Å²) in [6.07, 6.45) is -4.02. The highest BCUT2D eigenvalue weighted by Crippen LogP contribution is 2.45. The van der Waals surface area contributed by atoms with Crippen LogP contribution in [0.1, 0.15) is 60.2 Å². The van der Waals surface area contributed by atoms with Crippen LogP contribution in [0.5, 0.6) is 6.01 Å². The van der Waals surface area contributed by atoms with E-state index in [0.717, 1.165) is 25.5 Å². The predicted octanol–water partition coefficient (Wildman–Crippen LogP) is 4.52. The van der Waals surface area contributed by atoms with Crippen molar-refractivity contribution in [2.75, 3.05) is 50.0 Å². The summed E-state index contributed by atoms with van der Waals surface area (Å²) < 4.78 is 84.5. The van der Waals surface area contributed by atoms with Crippen LogP contribution in [0.25, 0.3) is 0 Å². The van der Waals surface area contributed by atoms with Crippen LogP contribution in [0.15, 0.2) is 18.7 Å². The van der Waals surface area contributed by atoms with Crippen LogP contribution >= 0.6 is 0 Å². The van der Waals surface area contributed by atoms with Gasteiger partial charge in [-0.15, -0.1) is 0 Å². The minimum atomic E-state index is -4.84. The molecule has 0 aliphatic carbocycles. The molecule has 4 aliphatic heterocycles. The smallest absolute Gasteiger partial charge is 0.417 e. The third kappa shape index (κ3) is 5.71. The van der Waals surface area contributed by atoms with Gasteiger partial charge in [-0.1, -0.05) is 6.58 Å². The Morgan fingerprint density at radius 1 is 1.27 bits per heavy atom. The average molecular weight is 637 g/mol. The number of fused-ring (bicyclic) bond motifs is 2. The number of nitrogen functional groups attached to an aromatic ring is 1. The highest BCUT2D eigenvalue weighted by Gasteiger charge is 2.49. The molecule has 0 saturated carbocycles. The van der Waals surface area contributed by atoms with Crippen LogP contribution < -0.4 is 15.4 Å². The fourth-order valence-corrected chi connectivity index (χ4v) is 7.49. The van der Waals surface area contributed by atoms with E-state index in [0.29, 0.717) is 49.7 Å². The van der Waals surface area contributed by atoms with Crippen LogP contribution in [-0.4, -0.2) is 82.8 Å². The summed E-state index contributed by atoms with van der Waals surface area (Å²) in [5.74, 6) is -0.891. The minimum Gasteiger partial charge on any atom is -0.461 e. The van der Waals surface area contributed by atoms with Gasteiger partial charge in [-0.3, -0.25) is 9.69 Å². The predicted molar refractivity (Wildman–Crippen MR) is 156 cm³/mol. The molecule has 1 aromatic heterocycles. The van der Waals surface area contributed by atoms with E-state index in [1.165, 1.54) is 13.0 Å². The summed E-state index contributed by atoms with van der Waals surface area (Å²) >= 11 is 0. The van der Waals surface area contributed by atoms with Crippen LogP contribution in [-0.2, 0) is 28.7 Å². The van der Waals surface area contributed by atoms with Crippen molar-refractivity contribution in [2.45, 2.75) is 76.2 Å². The summed E-state index contributed by atoms with van der Waals surface area (Å²) in [6.45, 7) is 9.03. The maximum Gasteiger partial charge on any atom is 0.417 e. The van der Waals surface area contributed by atoms with Gasteiger partial charge in [0.05, 0.1) is 35.2 Å². The van der Waals surface area contributed by atoms with Gasteiger partial charge in [0.1, 0.15) is 18.6 Å². The first-order chi connectivity index (χ1) is 21.3. The van der Waals surface area contributed by atoms with Crippen LogP contribution in [0.4, 0.5) is 33.5 Å². The molecule has 0 radical (unpaired) electrons. The molecule has 9 nitrogen and oxygen atoms in total. The van der Waals surface area contributed by atoms with Gasteiger partial charge in [-0.05, 0) is 50.9 Å². The van der Waals surface area contributed by atoms with E-state index in [2.05, 4.69) is 16.5 Å². The Hall–Kier alpha value is -3.52. The number of nitrogens with two attached hydrogens (primary N) is 1. The Labute approximate surface area is 258 Å². The lowest BCUT2D eigenvalue weighted by atomic mass is 9.91. The monoisotopic (exact) mass is 636 g/mol. The average Bonchev–Trinajstić information content (AvgIpc) is 3.51. The molecule has 2 aromatic rings. The van der Waals surface area contributed by atoms with E-state index in [4.69, 9.17) is 20.2 Å². The van der Waals surface area contributed by atoms with E-state index in [1.54, 1.807) is 4.90 Å². The molecular weight excluding hydrogens is 599 g/mol. The van der Waals surface area contributed by atoms with Crippen LogP contribution in [0, 0.1) is 12.7 Å². The minimum absolute atomic E-state index is 0.00463. The molecule has 3 fully saturated rings. The molecule has 244 valence electrons. The first-order valence-electron chi connectivity index (χ1n) is 15.2. The number of alkyl halides is 4. The van der Waals surface area contributed by atoms with E-state index < -0.39 is 46.6 Å². The molecule has 0 bridgehead atoms. The van der Waals surface area contributed by atoms with Crippen molar-refractivity contribution in [3.8, 4) is 6.01 Å². The maximum atomic E-state index is 15.4. The zero-order chi connectivity index (χ0) is 32.3. The lowest BCUT2D eigenvalue weighted by Gasteiger charge is -2.41. The van der Waals surface area contributed by atoms with Crippen molar-refractivity contribution < 1.29 is 36.2 Å². The second-order valence-electron chi connectivity index (χ2n) is 12.5. The summed E-state index contributed by atoms with van der Waals surface area (Å²) in [5, 5.41) is 0. The van der Waals surface area contributed by atoms with Crippen LogP contribution in [0.3, 0.4) is 0 Å². The number of rotatable bonds is 6. The SMILES string of the molecule is C=CC(=O)N1CCN(c2nc(OCC34CCCN3CC(F)C4)nc3c2COC(c2c(F)c(N)cc(C)c2C(F)(F)F)C3)C(C)C1. The third-order valence-electron chi connectivity index (χ3n) is 9.61. The molecule has 45 heavy (non-hydrogen) atoms. The molecule has 5 heterocycles. The third-order valence-corrected chi connectivity index (χ3v) is 9.61. The topological polar surface area (TPSA) is 97.0 Å². The summed E-state index contributed by atoms with van der Waals surface area (Å²) in [5.41, 5.74) is 3.84. The lowest BCUT2D eigenvalue weighted by molar-refractivity contribution is -0.140.